The van der Waals surface area contributed by atoms with Crippen LogP contribution in [0.1, 0.15) is 11.1 Å². The van der Waals surface area contributed by atoms with Crippen molar-refractivity contribution in [3.63, 3.8) is 0 Å². The van der Waals surface area contributed by atoms with E-state index in [1.165, 1.54) is 6.07 Å². The lowest BCUT2D eigenvalue weighted by Crippen LogP contribution is -1.99. The molecule has 0 saturated heterocycles. The van der Waals surface area contributed by atoms with E-state index in [2.05, 4.69) is 4.98 Å². The quantitative estimate of drug-likeness (QED) is 0.611. The number of rotatable bonds is 5. The largest absolute Gasteiger partial charge is 0.497 e. The van der Waals surface area contributed by atoms with Gasteiger partial charge in [0.25, 0.3) is 5.69 Å². The molecule has 0 N–H and O–H groups in total. The first-order chi connectivity index (χ1) is 9.20. The van der Waals surface area contributed by atoms with E-state index in [4.69, 9.17) is 4.74 Å². The Morgan fingerprint density at radius 3 is 2.79 bits per heavy atom. The molecule has 0 aliphatic heterocycles. The van der Waals surface area contributed by atoms with E-state index in [-0.39, 0.29) is 10.6 Å². The number of hydrogen-bond acceptors (Lipinski definition) is 4. The molecule has 1 heterocycles. The molecule has 0 aliphatic carbocycles. The number of ether oxygens (including phenoxy) is 1. The van der Waals surface area contributed by atoms with Crippen LogP contribution in [0.5, 0.6) is 5.75 Å². The van der Waals surface area contributed by atoms with Gasteiger partial charge in [0, 0.05) is 24.0 Å². The Hall–Kier alpha value is -2.43. The van der Waals surface area contributed by atoms with Crippen LogP contribution < -0.4 is 4.74 Å². The van der Waals surface area contributed by atoms with Crippen molar-refractivity contribution in [2.24, 2.45) is 0 Å². The average molecular weight is 258 g/mol. The van der Waals surface area contributed by atoms with Crippen LogP contribution in [0.25, 0.3) is 0 Å². The minimum atomic E-state index is -0.363. The van der Waals surface area contributed by atoms with E-state index in [0.29, 0.717) is 24.2 Å². The van der Waals surface area contributed by atoms with Gasteiger partial charge in [-0.3, -0.25) is 15.1 Å². The second-order valence-corrected chi connectivity index (χ2v) is 4.11. The summed E-state index contributed by atoms with van der Waals surface area (Å²) >= 11 is 0. The number of aryl methyl sites for hydroxylation is 2. The Bertz CT molecular complexity index is 570. The zero-order chi connectivity index (χ0) is 13.7. The van der Waals surface area contributed by atoms with Gasteiger partial charge in [-0.2, -0.15) is 0 Å². The topological polar surface area (TPSA) is 65.3 Å². The lowest BCUT2D eigenvalue weighted by molar-refractivity contribution is -0.385. The fraction of sp³-hybridized carbons (Fsp3) is 0.214. The molecule has 0 fully saturated rings. The van der Waals surface area contributed by atoms with Crippen LogP contribution in [0.4, 0.5) is 5.69 Å². The zero-order valence-corrected chi connectivity index (χ0v) is 10.6. The first kappa shape index (κ1) is 13.0. The van der Waals surface area contributed by atoms with Crippen molar-refractivity contribution in [2.45, 2.75) is 12.8 Å². The summed E-state index contributed by atoms with van der Waals surface area (Å²) in [4.78, 5) is 14.7. The van der Waals surface area contributed by atoms with Crippen LogP contribution in [0.15, 0.2) is 42.7 Å². The van der Waals surface area contributed by atoms with Crippen molar-refractivity contribution in [3.05, 3.63) is 64.0 Å². The van der Waals surface area contributed by atoms with Crippen molar-refractivity contribution in [3.8, 4) is 5.75 Å². The molecule has 0 aliphatic rings. The highest BCUT2D eigenvalue weighted by molar-refractivity contribution is 5.45. The first-order valence-electron chi connectivity index (χ1n) is 5.91. The second-order valence-electron chi connectivity index (χ2n) is 4.11. The number of aromatic nitrogens is 1. The Morgan fingerprint density at radius 2 is 2.16 bits per heavy atom. The molecule has 0 amide bonds. The van der Waals surface area contributed by atoms with Gasteiger partial charge < -0.3 is 4.74 Å². The highest BCUT2D eigenvalue weighted by Crippen LogP contribution is 2.25. The summed E-state index contributed by atoms with van der Waals surface area (Å²) in [7, 11) is 1.55. The molecular weight excluding hydrogens is 244 g/mol. The third-order valence-electron chi connectivity index (χ3n) is 2.89. The third kappa shape index (κ3) is 3.28. The van der Waals surface area contributed by atoms with Crippen LogP contribution in [0, 0.1) is 10.1 Å². The van der Waals surface area contributed by atoms with Crippen LogP contribution in [-0.2, 0) is 12.8 Å². The highest BCUT2D eigenvalue weighted by Gasteiger charge is 2.14. The molecule has 2 rings (SSSR count). The number of nitro benzene ring substituents is 1. The molecular formula is C14H14N2O3. The summed E-state index contributed by atoms with van der Waals surface area (Å²) in [5.74, 6) is 0.631. The molecule has 98 valence electrons. The van der Waals surface area contributed by atoms with Gasteiger partial charge in [-0.05, 0) is 36.6 Å². The Balaban J connectivity index is 2.20. The average Bonchev–Trinajstić information content (AvgIpc) is 2.45. The predicted molar refractivity (Wildman–Crippen MR) is 71.3 cm³/mol. The van der Waals surface area contributed by atoms with Crippen molar-refractivity contribution < 1.29 is 9.66 Å². The smallest absolute Gasteiger partial charge is 0.272 e. The van der Waals surface area contributed by atoms with Gasteiger partial charge in [0.2, 0.25) is 0 Å². The maximum absolute atomic E-state index is 11.0. The summed E-state index contributed by atoms with van der Waals surface area (Å²) in [5.41, 5.74) is 1.86. The van der Waals surface area contributed by atoms with Crippen LogP contribution in [0.2, 0.25) is 0 Å². The summed E-state index contributed by atoms with van der Waals surface area (Å²) in [5, 5.41) is 11.0. The van der Waals surface area contributed by atoms with E-state index >= 15 is 0 Å². The van der Waals surface area contributed by atoms with E-state index in [1.54, 1.807) is 31.6 Å². The molecule has 0 atom stereocenters. The molecule has 0 bridgehead atoms. The fourth-order valence-electron chi connectivity index (χ4n) is 1.89. The zero-order valence-electron chi connectivity index (χ0n) is 10.6. The van der Waals surface area contributed by atoms with Gasteiger partial charge in [0.15, 0.2) is 0 Å². The number of pyridine rings is 1. The Morgan fingerprint density at radius 1 is 1.32 bits per heavy atom. The number of nitrogens with zero attached hydrogens (tertiary/aromatic N) is 2. The van der Waals surface area contributed by atoms with Crippen LogP contribution in [-0.4, -0.2) is 17.0 Å². The van der Waals surface area contributed by atoms with Crippen molar-refractivity contribution in [1.29, 1.82) is 0 Å². The van der Waals surface area contributed by atoms with Gasteiger partial charge in [-0.15, -0.1) is 0 Å². The second kappa shape index (κ2) is 5.95. The Labute approximate surface area is 111 Å². The number of hydrogen-bond donors (Lipinski definition) is 0. The van der Waals surface area contributed by atoms with Crippen LogP contribution in [0.3, 0.4) is 0 Å². The molecule has 0 spiro atoms. The standard InChI is InChI=1S/C14H14N2O3/c1-19-13-6-7-14(16(17)18)12(9-13)5-4-11-3-2-8-15-10-11/h2-3,6-10H,4-5H2,1H3. The van der Waals surface area contributed by atoms with Crippen molar-refractivity contribution >= 4 is 5.69 Å². The Kier molecular flexibility index (Phi) is 4.07. The molecule has 2 aromatic rings. The van der Waals surface area contributed by atoms with Gasteiger partial charge in [0.05, 0.1) is 12.0 Å². The normalized spacial score (nSPS) is 10.2. The number of benzene rings is 1. The lowest BCUT2D eigenvalue weighted by Gasteiger charge is -2.06. The van der Waals surface area contributed by atoms with Gasteiger partial charge in [-0.1, -0.05) is 6.07 Å². The summed E-state index contributed by atoms with van der Waals surface area (Å²) in [6.45, 7) is 0. The van der Waals surface area contributed by atoms with Gasteiger partial charge in [0.1, 0.15) is 5.75 Å². The van der Waals surface area contributed by atoms with Crippen LogP contribution >= 0.6 is 0 Å². The van der Waals surface area contributed by atoms with E-state index in [9.17, 15) is 10.1 Å². The molecule has 0 unspecified atom stereocenters. The van der Waals surface area contributed by atoms with E-state index in [1.807, 2.05) is 12.1 Å². The third-order valence-corrected chi connectivity index (χ3v) is 2.89. The molecule has 1 aromatic heterocycles. The number of nitro groups is 1. The first-order valence-corrected chi connectivity index (χ1v) is 5.91. The lowest BCUT2D eigenvalue weighted by atomic mass is 10.0. The summed E-state index contributed by atoms with van der Waals surface area (Å²) in [6.07, 6.45) is 4.77. The minimum Gasteiger partial charge on any atom is -0.497 e. The van der Waals surface area contributed by atoms with Crippen molar-refractivity contribution in [2.75, 3.05) is 7.11 Å². The van der Waals surface area contributed by atoms with E-state index < -0.39 is 0 Å². The molecule has 0 saturated carbocycles. The molecule has 5 heteroatoms. The number of methoxy groups -OCH3 is 1. The SMILES string of the molecule is COc1ccc([N+](=O)[O-])c(CCc2cccnc2)c1. The van der Waals surface area contributed by atoms with Gasteiger partial charge in [-0.25, -0.2) is 0 Å². The predicted octanol–water partition coefficient (Wildman–Crippen LogP) is 2.78. The molecule has 1 aromatic carbocycles. The molecule has 19 heavy (non-hydrogen) atoms. The summed E-state index contributed by atoms with van der Waals surface area (Å²) < 4.78 is 5.11. The maximum Gasteiger partial charge on any atom is 0.272 e. The molecule has 5 nitrogen and oxygen atoms in total. The van der Waals surface area contributed by atoms with Gasteiger partial charge >= 0.3 is 0 Å². The van der Waals surface area contributed by atoms with Crippen molar-refractivity contribution in [1.82, 2.24) is 4.98 Å². The minimum absolute atomic E-state index is 0.129. The maximum atomic E-state index is 11.0. The summed E-state index contributed by atoms with van der Waals surface area (Å²) in [6, 6.07) is 8.62. The van der Waals surface area contributed by atoms with E-state index in [0.717, 1.165) is 5.56 Å². The fourth-order valence-corrected chi connectivity index (χ4v) is 1.89. The molecule has 0 radical (unpaired) electrons. The monoisotopic (exact) mass is 258 g/mol. The highest BCUT2D eigenvalue weighted by atomic mass is 16.6.